The molecule has 74 valence electrons. The van der Waals surface area contributed by atoms with Crippen molar-refractivity contribution in [2.45, 2.75) is 26.3 Å². The van der Waals surface area contributed by atoms with Crippen LogP contribution in [0.5, 0.6) is 0 Å². The van der Waals surface area contributed by atoms with Crippen molar-refractivity contribution in [2.75, 3.05) is 13.7 Å². The van der Waals surface area contributed by atoms with Crippen molar-refractivity contribution in [1.29, 1.82) is 5.26 Å². The van der Waals surface area contributed by atoms with Gasteiger partial charge in [0.25, 0.3) is 0 Å². The van der Waals surface area contributed by atoms with E-state index in [4.69, 9.17) is 5.26 Å². The highest BCUT2D eigenvalue weighted by molar-refractivity contribution is 5.75. The van der Waals surface area contributed by atoms with Crippen molar-refractivity contribution in [3.05, 3.63) is 0 Å². The first-order chi connectivity index (χ1) is 6.11. The molecule has 0 aromatic carbocycles. The molecule has 0 aliphatic carbocycles. The molecule has 4 heteroatoms. The summed E-state index contributed by atoms with van der Waals surface area (Å²) in [7, 11) is 1.35. The van der Waals surface area contributed by atoms with Crippen molar-refractivity contribution in [3.63, 3.8) is 0 Å². The number of nitriles is 1. The molecule has 1 unspecified atom stereocenters. The zero-order valence-corrected chi connectivity index (χ0v) is 8.33. The van der Waals surface area contributed by atoms with E-state index >= 15 is 0 Å². The number of ether oxygens (including phenoxy) is 1. The van der Waals surface area contributed by atoms with Crippen LogP contribution in [0.25, 0.3) is 0 Å². The van der Waals surface area contributed by atoms with E-state index < -0.39 is 0 Å². The van der Waals surface area contributed by atoms with Gasteiger partial charge in [0.2, 0.25) is 0 Å². The second-order valence-electron chi connectivity index (χ2n) is 3.24. The van der Waals surface area contributed by atoms with Crippen LogP contribution in [0.1, 0.15) is 20.3 Å². The minimum atomic E-state index is -0.357. The average Bonchev–Trinajstić information content (AvgIpc) is 2.10. The van der Waals surface area contributed by atoms with Gasteiger partial charge in [0.05, 0.1) is 19.7 Å². The van der Waals surface area contributed by atoms with Crippen LogP contribution in [-0.2, 0) is 9.53 Å². The molecule has 1 atom stereocenters. The van der Waals surface area contributed by atoms with Crippen molar-refractivity contribution in [3.8, 4) is 6.07 Å². The van der Waals surface area contributed by atoms with Gasteiger partial charge in [-0.15, -0.1) is 0 Å². The molecular weight excluding hydrogens is 168 g/mol. The van der Waals surface area contributed by atoms with E-state index in [-0.39, 0.29) is 18.6 Å². The Labute approximate surface area is 78.9 Å². The molecule has 0 heterocycles. The van der Waals surface area contributed by atoms with Crippen LogP contribution in [0.3, 0.4) is 0 Å². The van der Waals surface area contributed by atoms with E-state index in [2.05, 4.69) is 10.1 Å². The first-order valence-electron chi connectivity index (χ1n) is 4.30. The minimum absolute atomic E-state index is 0.173. The molecule has 0 amide bonds. The summed E-state index contributed by atoms with van der Waals surface area (Å²) in [4.78, 5) is 11.2. The van der Waals surface area contributed by atoms with Crippen LogP contribution in [0.2, 0.25) is 0 Å². The maximum Gasteiger partial charge on any atom is 0.322 e. The predicted molar refractivity (Wildman–Crippen MR) is 48.9 cm³/mol. The van der Waals surface area contributed by atoms with Gasteiger partial charge in [-0.25, -0.2) is 0 Å². The summed E-state index contributed by atoms with van der Waals surface area (Å²) in [6.07, 6.45) is 0.689. The van der Waals surface area contributed by atoms with E-state index in [0.717, 1.165) is 0 Å². The fourth-order valence-corrected chi connectivity index (χ4v) is 1.05. The van der Waals surface area contributed by atoms with Gasteiger partial charge in [-0.3, -0.25) is 10.1 Å². The Hall–Kier alpha value is -1.08. The Balaban J connectivity index is 4.04. The van der Waals surface area contributed by atoms with Gasteiger partial charge in [-0.2, -0.15) is 5.26 Å². The first-order valence-corrected chi connectivity index (χ1v) is 4.30. The van der Waals surface area contributed by atoms with Gasteiger partial charge in [-0.05, 0) is 12.3 Å². The SMILES string of the molecule is COC(=O)C(CC(C)C)NCC#N. The lowest BCUT2D eigenvalue weighted by molar-refractivity contribution is -0.143. The number of carbonyl (C=O) groups is 1. The van der Waals surface area contributed by atoms with Crippen molar-refractivity contribution in [1.82, 2.24) is 5.32 Å². The third-order valence-electron chi connectivity index (χ3n) is 1.62. The maximum atomic E-state index is 11.2. The summed E-state index contributed by atoms with van der Waals surface area (Å²) >= 11 is 0. The number of esters is 1. The smallest absolute Gasteiger partial charge is 0.322 e. The second-order valence-corrected chi connectivity index (χ2v) is 3.24. The van der Waals surface area contributed by atoms with E-state index in [1.54, 1.807) is 0 Å². The summed E-state index contributed by atoms with van der Waals surface area (Å²) in [6, 6.07) is 1.57. The third-order valence-corrected chi connectivity index (χ3v) is 1.62. The standard InChI is InChI=1S/C9H16N2O2/c1-7(2)6-8(9(12)13-3)11-5-4-10/h7-8,11H,5-6H2,1-3H3. The Kier molecular flexibility index (Phi) is 5.90. The van der Waals surface area contributed by atoms with Crippen LogP contribution >= 0.6 is 0 Å². The van der Waals surface area contributed by atoms with Crippen LogP contribution in [0.4, 0.5) is 0 Å². The lowest BCUT2D eigenvalue weighted by atomic mass is 10.0. The quantitative estimate of drug-likeness (QED) is 0.504. The van der Waals surface area contributed by atoms with E-state index in [1.165, 1.54) is 7.11 Å². The fraction of sp³-hybridized carbons (Fsp3) is 0.778. The normalized spacial score (nSPS) is 12.2. The zero-order valence-electron chi connectivity index (χ0n) is 8.33. The van der Waals surface area contributed by atoms with Crippen LogP contribution in [-0.4, -0.2) is 25.7 Å². The van der Waals surface area contributed by atoms with E-state index in [9.17, 15) is 4.79 Å². The molecule has 0 aliphatic heterocycles. The molecule has 0 saturated carbocycles. The summed E-state index contributed by atoms with van der Waals surface area (Å²) in [6.45, 7) is 4.21. The lowest BCUT2D eigenvalue weighted by Gasteiger charge is -2.16. The summed E-state index contributed by atoms with van der Waals surface area (Å²) < 4.78 is 4.60. The molecule has 0 bridgehead atoms. The highest BCUT2D eigenvalue weighted by Crippen LogP contribution is 2.05. The van der Waals surface area contributed by atoms with Crippen LogP contribution in [0.15, 0.2) is 0 Å². The van der Waals surface area contributed by atoms with Gasteiger partial charge in [-0.1, -0.05) is 13.8 Å². The lowest BCUT2D eigenvalue weighted by Crippen LogP contribution is -2.38. The van der Waals surface area contributed by atoms with Gasteiger partial charge >= 0.3 is 5.97 Å². The molecule has 13 heavy (non-hydrogen) atoms. The number of rotatable bonds is 5. The highest BCUT2D eigenvalue weighted by atomic mass is 16.5. The number of methoxy groups -OCH3 is 1. The zero-order chi connectivity index (χ0) is 10.3. The number of carbonyl (C=O) groups excluding carboxylic acids is 1. The van der Waals surface area contributed by atoms with Crippen molar-refractivity contribution < 1.29 is 9.53 Å². The van der Waals surface area contributed by atoms with Crippen LogP contribution < -0.4 is 5.32 Å². The summed E-state index contributed by atoms with van der Waals surface area (Å²) in [5.41, 5.74) is 0. The Morgan fingerprint density at radius 2 is 2.23 bits per heavy atom. The molecule has 0 aromatic heterocycles. The first kappa shape index (κ1) is 11.9. The topological polar surface area (TPSA) is 62.1 Å². The van der Waals surface area contributed by atoms with E-state index in [0.29, 0.717) is 12.3 Å². The molecule has 0 spiro atoms. The number of hydrogen-bond acceptors (Lipinski definition) is 4. The number of nitrogens with zero attached hydrogens (tertiary/aromatic N) is 1. The Morgan fingerprint density at radius 1 is 1.62 bits per heavy atom. The summed E-state index contributed by atoms with van der Waals surface area (Å²) in [5, 5.41) is 11.2. The molecule has 4 nitrogen and oxygen atoms in total. The highest BCUT2D eigenvalue weighted by Gasteiger charge is 2.18. The van der Waals surface area contributed by atoms with Gasteiger partial charge in [0.1, 0.15) is 6.04 Å². The average molecular weight is 184 g/mol. The largest absolute Gasteiger partial charge is 0.468 e. The molecule has 0 radical (unpaired) electrons. The number of nitrogens with one attached hydrogen (secondary N) is 1. The van der Waals surface area contributed by atoms with Gasteiger partial charge < -0.3 is 4.74 Å². The Morgan fingerprint density at radius 3 is 2.62 bits per heavy atom. The molecule has 0 fully saturated rings. The third kappa shape index (κ3) is 5.21. The van der Waals surface area contributed by atoms with Gasteiger partial charge in [0, 0.05) is 0 Å². The summed E-state index contributed by atoms with van der Waals surface area (Å²) in [5.74, 6) is 0.0965. The molecule has 0 aliphatic rings. The fourth-order valence-electron chi connectivity index (χ4n) is 1.05. The van der Waals surface area contributed by atoms with Crippen molar-refractivity contribution >= 4 is 5.97 Å². The number of hydrogen-bond donors (Lipinski definition) is 1. The predicted octanol–water partition coefficient (Wildman–Crippen LogP) is 0.687. The molecule has 0 saturated heterocycles. The monoisotopic (exact) mass is 184 g/mol. The van der Waals surface area contributed by atoms with E-state index in [1.807, 2.05) is 19.9 Å². The molecular formula is C9H16N2O2. The molecule has 1 N–H and O–H groups in total. The minimum Gasteiger partial charge on any atom is -0.468 e. The molecule has 0 rings (SSSR count). The molecule has 0 aromatic rings. The second kappa shape index (κ2) is 6.44. The van der Waals surface area contributed by atoms with Crippen molar-refractivity contribution in [2.24, 2.45) is 5.92 Å². The maximum absolute atomic E-state index is 11.2. The Bertz CT molecular complexity index is 196. The van der Waals surface area contributed by atoms with Crippen LogP contribution in [0, 0.1) is 17.2 Å². The van der Waals surface area contributed by atoms with Gasteiger partial charge in [0.15, 0.2) is 0 Å².